The van der Waals surface area contributed by atoms with Crippen LogP contribution in [-0.4, -0.2) is 51.8 Å². The predicted octanol–water partition coefficient (Wildman–Crippen LogP) is 2.67. The third-order valence-electron chi connectivity index (χ3n) is 2.79. The van der Waals surface area contributed by atoms with Crippen LogP contribution in [0, 0.1) is 0 Å². The number of nitrogens with zero attached hydrogens (tertiary/aromatic N) is 4. The third-order valence-corrected chi connectivity index (χ3v) is 4.03. The van der Waals surface area contributed by atoms with Crippen molar-refractivity contribution in [2.75, 3.05) is 25.7 Å². The minimum absolute atomic E-state index is 0.292. The zero-order chi connectivity index (χ0) is 15.2. The smallest absolute Gasteiger partial charge is 0.190 e. The van der Waals surface area contributed by atoms with Gasteiger partial charge in [0.15, 0.2) is 17.1 Å². The molecule has 2 rings (SSSR count). The van der Waals surface area contributed by atoms with Gasteiger partial charge < -0.3 is 9.47 Å². The number of hydrogen-bond acceptors (Lipinski definition) is 7. The molecule has 0 N–H and O–H groups in total. The number of rotatable bonds is 8. The van der Waals surface area contributed by atoms with Crippen molar-refractivity contribution in [1.29, 1.82) is 0 Å². The van der Waals surface area contributed by atoms with Gasteiger partial charge in [-0.15, -0.1) is 11.8 Å². The first-order valence-corrected chi connectivity index (χ1v) is 9.23. The Morgan fingerprint density at radius 2 is 1.86 bits per heavy atom. The summed E-state index contributed by atoms with van der Waals surface area (Å²) >= 11 is 3.12. The maximum absolute atomic E-state index is 5.56. The molecule has 0 radical (unpaired) electrons. The minimum atomic E-state index is -0.292. The van der Waals surface area contributed by atoms with Gasteiger partial charge in [0, 0.05) is 19.4 Å². The van der Waals surface area contributed by atoms with Gasteiger partial charge in [-0.05, 0) is 26.4 Å². The Labute approximate surface area is 133 Å². The topological polar surface area (TPSA) is 62.1 Å². The van der Waals surface area contributed by atoms with E-state index >= 15 is 0 Å². The van der Waals surface area contributed by atoms with E-state index in [1.54, 1.807) is 11.8 Å². The number of thioether (sulfide) groups is 2. The summed E-state index contributed by atoms with van der Waals surface area (Å²) in [5, 5.41) is 7.16. The van der Waals surface area contributed by atoms with Crippen LogP contribution < -0.4 is 0 Å². The fourth-order valence-corrected chi connectivity index (χ4v) is 2.89. The lowest BCUT2D eigenvalue weighted by Gasteiger charge is -2.16. The second kappa shape index (κ2) is 7.98. The van der Waals surface area contributed by atoms with E-state index in [2.05, 4.69) is 15.1 Å². The highest BCUT2D eigenvalue weighted by Gasteiger charge is 2.14. The summed E-state index contributed by atoms with van der Waals surface area (Å²) in [5.74, 6) is 0. The molecular formula is C13H20N4O2S2. The average Bonchev–Trinajstić information content (AvgIpc) is 2.88. The summed E-state index contributed by atoms with van der Waals surface area (Å²) in [6.45, 7) is 5.66. The summed E-state index contributed by atoms with van der Waals surface area (Å²) in [5.41, 5.74) is 0.713. The van der Waals surface area contributed by atoms with Gasteiger partial charge in [0.25, 0.3) is 0 Å². The number of ether oxygens (including phenoxy) is 2. The Bertz CT molecular complexity index is 585. The molecule has 0 aliphatic carbocycles. The van der Waals surface area contributed by atoms with Crippen molar-refractivity contribution in [2.45, 2.75) is 36.9 Å². The molecule has 0 unspecified atom stereocenters. The van der Waals surface area contributed by atoms with Crippen LogP contribution in [0.3, 0.4) is 0 Å². The van der Waals surface area contributed by atoms with E-state index in [4.69, 9.17) is 9.47 Å². The van der Waals surface area contributed by atoms with Crippen LogP contribution in [0.2, 0.25) is 0 Å². The summed E-state index contributed by atoms with van der Waals surface area (Å²) in [4.78, 5) is 8.95. The first kappa shape index (κ1) is 16.5. The molecule has 0 aromatic carbocycles. The monoisotopic (exact) mass is 328 g/mol. The van der Waals surface area contributed by atoms with Crippen LogP contribution in [-0.2, 0) is 16.0 Å². The normalized spacial score (nSPS) is 11.7. The van der Waals surface area contributed by atoms with E-state index in [0.717, 1.165) is 15.6 Å². The quantitative estimate of drug-likeness (QED) is 0.319. The largest absolute Gasteiger partial charge is 0.351 e. The molecule has 0 aliphatic heterocycles. The van der Waals surface area contributed by atoms with Crippen molar-refractivity contribution < 1.29 is 9.47 Å². The summed E-state index contributed by atoms with van der Waals surface area (Å²) in [7, 11) is 0. The molecule has 8 heteroatoms. The fraction of sp³-hybridized carbons (Fsp3) is 0.615. The maximum Gasteiger partial charge on any atom is 0.190 e. The molecule has 0 fully saturated rings. The predicted molar refractivity (Wildman–Crippen MR) is 85.9 cm³/mol. The Kier molecular flexibility index (Phi) is 6.28. The van der Waals surface area contributed by atoms with E-state index < -0.39 is 0 Å². The lowest BCUT2D eigenvalue weighted by molar-refractivity contribution is -0.144. The van der Waals surface area contributed by atoms with Crippen molar-refractivity contribution in [3.63, 3.8) is 0 Å². The maximum atomic E-state index is 5.56. The van der Waals surface area contributed by atoms with E-state index in [1.807, 2.05) is 37.2 Å². The molecule has 0 amide bonds. The standard InChI is InChI=1S/C13H20N4O2S2/c1-5-18-10(19-6-2)8-17-7-9-11(16-17)14-13(21-4)15-12(9)20-3/h7,10H,5-6,8H2,1-4H3. The lowest BCUT2D eigenvalue weighted by Crippen LogP contribution is -2.23. The molecule has 0 saturated carbocycles. The third kappa shape index (κ3) is 4.09. The van der Waals surface area contributed by atoms with Gasteiger partial charge in [0.05, 0.1) is 11.9 Å². The number of aromatic nitrogens is 4. The first-order valence-electron chi connectivity index (χ1n) is 6.78. The molecule has 0 aliphatic rings. The summed E-state index contributed by atoms with van der Waals surface area (Å²) in [6.07, 6.45) is 5.63. The Morgan fingerprint density at radius 1 is 1.14 bits per heavy atom. The molecule has 0 saturated heterocycles. The zero-order valence-electron chi connectivity index (χ0n) is 12.7. The van der Waals surface area contributed by atoms with Crippen LogP contribution >= 0.6 is 23.5 Å². The minimum Gasteiger partial charge on any atom is -0.351 e. The Morgan fingerprint density at radius 3 is 2.43 bits per heavy atom. The van der Waals surface area contributed by atoms with Crippen molar-refractivity contribution in [3.05, 3.63) is 6.20 Å². The summed E-state index contributed by atoms with van der Waals surface area (Å²) < 4.78 is 12.9. The van der Waals surface area contributed by atoms with Crippen LogP contribution in [0.15, 0.2) is 16.4 Å². The number of hydrogen-bond donors (Lipinski definition) is 0. The highest BCUT2D eigenvalue weighted by molar-refractivity contribution is 7.99. The highest BCUT2D eigenvalue weighted by atomic mass is 32.2. The lowest BCUT2D eigenvalue weighted by atomic mass is 10.4. The van der Waals surface area contributed by atoms with Gasteiger partial charge in [-0.25, -0.2) is 9.97 Å². The van der Waals surface area contributed by atoms with Crippen molar-refractivity contribution in [2.24, 2.45) is 0 Å². The molecule has 0 spiro atoms. The highest BCUT2D eigenvalue weighted by Crippen LogP contribution is 2.25. The first-order chi connectivity index (χ1) is 10.2. The number of fused-ring (bicyclic) bond motifs is 1. The molecule has 2 heterocycles. The molecule has 116 valence electrons. The van der Waals surface area contributed by atoms with Crippen LogP contribution in [0.5, 0.6) is 0 Å². The van der Waals surface area contributed by atoms with Gasteiger partial charge in [-0.1, -0.05) is 11.8 Å². The SMILES string of the molecule is CCOC(Cn1cc2c(SC)nc(SC)nc2n1)OCC. The van der Waals surface area contributed by atoms with E-state index in [0.29, 0.717) is 25.4 Å². The van der Waals surface area contributed by atoms with Crippen LogP contribution in [0.4, 0.5) is 0 Å². The van der Waals surface area contributed by atoms with Gasteiger partial charge in [-0.3, -0.25) is 4.68 Å². The molecule has 6 nitrogen and oxygen atoms in total. The summed E-state index contributed by atoms with van der Waals surface area (Å²) in [6, 6.07) is 0. The molecule has 0 atom stereocenters. The van der Waals surface area contributed by atoms with Gasteiger partial charge in [-0.2, -0.15) is 5.10 Å². The van der Waals surface area contributed by atoms with Gasteiger partial charge >= 0.3 is 0 Å². The Hall–Kier alpha value is -0.830. The molecule has 0 bridgehead atoms. The molecule has 21 heavy (non-hydrogen) atoms. The van der Waals surface area contributed by atoms with Crippen molar-refractivity contribution in [1.82, 2.24) is 19.7 Å². The van der Waals surface area contributed by atoms with Crippen LogP contribution in [0.25, 0.3) is 11.0 Å². The fourth-order valence-electron chi connectivity index (χ4n) is 1.93. The van der Waals surface area contributed by atoms with E-state index in [1.165, 1.54) is 11.8 Å². The average molecular weight is 328 g/mol. The molecule has 2 aromatic rings. The van der Waals surface area contributed by atoms with Crippen LogP contribution in [0.1, 0.15) is 13.8 Å². The molecule has 2 aromatic heterocycles. The van der Waals surface area contributed by atoms with E-state index in [-0.39, 0.29) is 6.29 Å². The van der Waals surface area contributed by atoms with Gasteiger partial charge in [0.1, 0.15) is 5.03 Å². The zero-order valence-corrected chi connectivity index (χ0v) is 14.3. The van der Waals surface area contributed by atoms with Crippen molar-refractivity contribution >= 4 is 34.6 Å². The van der Waals surface area contributed by atoms with E-state index in [9.17, 15) is 0 Å². The van der Waals surface area contributed by atoms with Gasteiger partial charge in [0.2, 0.25) is 0 Å². The Balaban J connectivity index is 2.28. The second-order valence-electron chi connectivity index (χ2n) is 4.15. The molecular weight excluding hydrogens is 308 g/mol. The second-order valence-corrected chi connectivity index (χ2v) is 5.72. The van der Waals surface area contributed by atoms with Crippen molar-refractivity contribution in [3.8, 4) is 0 Å².